The fourth-order valence-corrected chi connectivity index (χ4v) is 8.78. The van der Waals surface area contributed by atoms with Crippen molar-refractivity contribution in [1.29, 1.82) is 0 Å². The van der Waals surface area contributed by atoms with E-state index in [1.165, 1.54) is 44.9 Å². The molecule has 1 aromatic rings. The Labute approximate surface area is 170 Å². The zero-order valence-electron chi connectivity index (χ0n) is 18.1. The van der Waals surface area contributed by atoms with Crippen LogP contribution < -0.4 is 0 Å². The number of hydrogen-bond donors (Lipinski definition) is 1. The van der Waals surface area contributed by atoms with Gasteiger partial charge in [-0.25, -0.2) is 0 Å². The fraction of sp³-hybridized carbons (Fsp3) is 0.917. The molecule has 1 heterocycles. The van der Waals surface area contributed by atoms with Gasteiger partial charge in [-0.1, -0.05) is 13.8 Å². The lowest BCUT2D eigenvalue weighted by atomic mass is 9.48. The molecule has 1 N–H and O–H groups in total. The Balaban J connectivity index is 1.31. The maximum absolute atomic E-state index is 10.6. The van der Waals surface area contributed by atoms with Gasteiger partial charge in [0, 0.05) is 0 Å². The molecule has 9 atom stereocenters. The topological polar surface area (TPSA) is 50.9 Å². The summed E-state index contributed by atoms with van der Waals surface area (Å²) in [7, 11) is 0. The molecule has 0 radical (unpaired) electrons. The molecule has 156 valence electrons. The van der Waals surface area contributed by atoms with E-state index in [4.69, 9.17) is 0 Å². The fourth-order valence-electron chi connectivity index (χ4n) is 8.78. The second kappa shape index (κ2) is 6.82. The van der Waals surface area contributed by atoms with Crippen LogP contribution in [0.15, 0.2) is 12.4 Å². The SMILES string of the molecule is C[C@@H](Cn1nccn1)[C@H]1CC[C@H]2[C@@H]3CC[C@H]4C[C@](C)(O)CC[C@@H]4[C@H]3CC[C@]12C. The van der Waals surface area contributed by atoms with Crippen LogP contribution in [0.1, 0.15) is 78.6 Å². The van der Waals surface area contributed by atoms with E-state index in [1.807, 2.05) is 4.80 Å². The highest BCUT2D eigenvalue weighted by molar-refractivity contribution is 5.07. The van der Waals surface area contributed by atoms with Crippen molar-refractivity contribution in [3.63, 3.8) is 0 Å². The summed E-state index contributed by atoms with van der Waals surface area (Å²) in [6.45, 7) is 8.11. The zero-order valence-corrected chi connectivity index (χ0v) is 18.1. The lowest BCUT2D eigenvalue weighted by Gasteiger charge is -2.57. The Bertz CT molecular complexity index is 686. The van der Waals surface area contributed by atoms with Crippen LogP contribution in [0, 0.1) is 46.8 Å². The van der Waals surface area contributed by atoms with E-state index in [0.29, 0.717) is 11.3 Å². The smallest absolute Gasteiger partial charge is 0.0693 e. The highest BCUT2D eigenvalue weighted by Crippen LogP contribution is 2.65. The molecule has 0 saturated heterocycles. The Morgan fingerprint density at radius 3 is 2.50 bits per heavy atom. The number of fused-ring (bicyclic) bond motifs is 5. The highest BCUT2D eigenvalue weighted by Gasteiger charge is 2.58. The third-order valence-corrected chi connectivity index (χ3v) is 9.92. The molecule has 4 heteroatoms. The number of hydrogen-bond acceptors (Lipinski definition) is 3. The zero-order chi connectivity index (χ0) is 19.5. The third-order valence-electron chi connectivity index (χ3n) is 9.92. The molecule has 5 rings (SSSR count). The van der Waals surface area contributed by atoms with E-state index in [1.54, 1.807) is 12.4 Å². The van der Waals surface area contributed by atoms with E-state index in [2.05, 4.69) is 31.0 Å². The molecule has 4 aliphatic carbocycles. The van der Waals surface area contributed by atoms with Gasteiger partial charge in [-0.05, 0) is 112 Å². The van der Waals surface area contributed by atoms with Crippen molar-refractivity contribution in [1.82, 2.24) is 15.0 Å². The lowest BCUT2D eigenvalue weighted by molar-refractivity contribution is -0.103. The molecule has 4 nitrogen and oxygen atoms in total. The van der Waals surface area contributed by atoms with Gasteiger partial charge in [0.05, 0.1) is 24.5 Å². The molecule has 4 fully saturated rings. The largest absolute Gasteiger partial charge is 0.390 e. The van der Waals surface area contributed by atoms with Crippen molar-refractivity contribution in [3.8, 4) is 0 Å². The monoisotopic (exact) mass is 385 g/mol. The number of aromatic nitrogens is 3. The maximum atomic E-state index is 10.6. The molecule has 0 bridgehead atoms. The molecule has 0 aliphatic heterocycles. The van der Waals surface area contributed by atoms with Gasteiger partial charge in [0.15, 0.2) is 0 Å². The number of aliphatic hydroxyl groups is 1. The summed E-state index contributed by atoms with van der Waals surface area (Å²) in [5, 5.41) is 19.3. The molecule has 4 saturated carbocycles. The van der Waals surface area contributed by atoms with Crippen molar-refractivity contribution in [2.24, 2.45) is 46.8 Å². The van der Waals surface area contributed by atoms with Crippen molar-refractivity contribution in [2.75, 3.05) is 0 Å². The first kappa shape index (κ1) is 19.1. The van der Waals surface area contributed by atoms with Gasteiger partial charge in [0.25, 0.3) is 0 Å². The molecular formula is C24H39N3O. The molecule has 4 aliphatic rings. The van der Waals surface area contributed by atoms with Crippen molar-refractivity contribution in [3.05, 3.63) is 12.4 Å². The average Bonchev–Trinajstić information content (AvgIpc) is 3.27. The van der Waals surface area contributed by atoms with Crippen LogP contribution >= 0.6 is 0 Å². The molecule has 0 spiro atoms. The molecule has 1 aromatic heterocycles. The predicted octanol–water partition coefficient (Wildman–Crippen LogP) is 4.93. The van der Waals surface area contributed by atoms with E-state index >= 15 is 0 Å². The molecule has 0 aromatic carbocycles. The van der Waals surface area contributed by atoms with Gasteiger partial charge in [-0.2, -0.15) is 15.0 Å². The minimum Gasteiger partial charge on any atom is -0.390 e. The van der Waals surface area contributed by atoms with Gasteiger partial charge >= 0.3 is 0 Å². The molecule has 0 unspecified atom stereocenters. The second-order valence-corrected chi connectivity index (χ2v) is 11.5. The quantitative estimate of drug-likeness (QED) is 0.802. The summed E-state index contributed by atoms with van der Waals surface area (Å²) in [5.74, 6) is 5.96. The van der Waals surface area contributed by atoms with Crippen LogP contribution in [0.2, 0.25) is 0 Å². The second-order valence-electron chi connectivity index (χ2n) is 11.5. The van der Waals surface area contributed by atoms with Gasteiger partial charge < -0.3 is 5.11 Å². The maximum Gasteiger partial charge on any atom is 0.0693 e. The van der Waals surface area contributed by atoms with Gasteiger partial charge in [-0.15, -0.1) is 0 Å². The third kappa shape index (κ3) is 3.05. The summed E-state index contributed by atoms with van der Waals surface area (Å²) < 4.78 is 0. The highest BCUT2D eigenvalue weighted by atomic mass is 16.3. The Morgan fingerprint density at radius 1 is 0.964 bits per heavy atom. The van der Waals surface area contributed by atoms with Crippen LogP contribution in [-0.4, -0.2) is 25.7 Å². The van der Waals surface area contributed by atoms with E-state index in [9.17, 15) is 5.11 Å². The average molecular weight is 386 g/mol. The summed E-state index contributed by atoms with van der Waals surface area (Å²) >= 11 is 0. The normalized spacial score (nSPS) is 49.1. The van der Waals surface area contributed by atoms with Gasteiger partial charge in [-0.3, -0.25) is 0 Å². The predicted molar refractivity (Wildman–Crippen MR) is 110 cm³/mol. The van der Waals surface area contributed by atoms with Crippen LogP contribution in [0.5, 0.6) is 0 Å². The first-order chi connectivity index (χ1) is 13.4. The first-order valence-electron chi connectivity index (χ1n) is 11.9. The van der Waals surface area contributed by atoms with E-state index in [-0.39, 0.29) is 0 Å². The van der Waals surface area contributed by atoms with Crippen LogP contribution in [0.25, 0.3) is 0 Å². The Hall–Kier alpha value is -0.900. The minimum atomic E-state index is -0.397. The summed E-state index contributed by atoms with van der Waals surface area (Å²) in [6, 6.07) is 0. The summed E-state index contributed by atoms with van der Waals surface area (Å²) in [6.07, 6.45) is 15.4. The van der Waals surface area contributed by atoms with Crippen molar-refractivity contribution >= 4 is 0 Å². The summed E-state index contributed by atoms with van der Waals surface area (Å²) in [5.41, 5.74) is 0.117. The van der Waals surface area contributed by atoms with Crippen LogP contribution in [0.3, 0.4) is 0 Å². The minimum absolute atomic E-state index is 0.397. The van der Waals surface area contributed by atoms with Crippen LogP contribution in [-0.2, 0) is 6.54 Å². The van der Waals surface area contributed by atoms with E-state index < -0.39 is 5.60 Å². The molecular weight excluding hydrogens is 346 g/mol. The van der Waals surface area contributed by atoms with Crippen molar-refractivity contribution < 1.29 is 5.11 Å². The van der Waals surface area contributed by atoms with Gasteiger partial charge in [0.2, 0.25) is 0 Å². The van der Waals surface area contributed by atoms with Crippen LogP contribution in [0.4, 0.5) is 0 Å². The summed E-state index contributed by atoms with van der Waals surface area (Å²) in [4.78, 5) is 1.89. The molecule has 0 amide bonds. The standard InChI is InChI=1S/C24H39N3O/c1-16(15-27-25-12-13-26-27)21-6-7-22-20-5-4-17-14-23(2,28)10-8-18(17)19(20)9-11-24(21,22)3/h12-13,16-22,28H,4-11,14-15H2,1-3H3/t16-,17-,18-,19+,20+,21+,22-,23+,24+/m0/s1. The van der Waals surface area contributed by atoms with E-state index in [0.717, 1.165) is 54.9 Å². The lowest BCUT2D eigenvalue weighted by Crippen LogP contribution is -2.51. The molecule has 28 heavy (non-hydrogen) atoms. The Kier molecular flexibility index (Phi) is 4.65. The van der Waals surface area contributed by atoms with Gasteiger partial charge in [0.1, 0.15) is 0 Å². The first-order valence-corrected chi connectivity index (χ1v) is 11.9. The number of rotatable bonds is 3. The van der Waals surface area contributed by atoms with Crippen molar-refractivity contribution in [2.45, 2.75) is 90.7 Å². The number of nitrogens with zero attached hydrogens (tertiary/aromatic N) is 3. The Morgan fingerprint density at radius 2 is 1.71 bits per heavy atom.